The number of aromatic nitrogens is 1. The maximum Gasteiger partial charge on any atom is 0.406 e. The third-order valence-electron chi connectivity index (χ3n) is 7.98. The molecule has 2 heterocycles. The second-order valence-electron chi connectivity index (χ2n) is 10.9. The van der Waals surface area contributed by atoms with Gasteiger partial charge in [-0.05, 0) is 61.9 Å². The number of alkyl halides is 4. The van der Waals surface area contributed by atoms with Gasteiger partial charge in [0.25, 0.3) is 0 Å². The van der Waals surface area contributed by atoms with Gasteiger partial charge in [-0.25, -0.2) is 17.9 Å². The number of halogens is 4. The monoisotopic (exact) mass is 637 g/mol. The van der Waals surface area contributed by atoms with Crippen LogP contribution in [-0.4, -0.2) is 75.9 Å². The Bertz CT molecular complexity index is 1620. The smallest absolute Gasteiger partial charge is 0.406 e. The molecular weight excluding hydrogens is 602 g/mol. The predicted molar refractivity (Wildman–Crippen MR) is 160 cm³/mol. The van der Waals surface area contributed by atoms with E-state index in [0.29, 0.717) is 16.9 Å². The largest absolute Gasteiger partial charge is 0.461 e. The van der Waals surface area contributed by atoms with Crippen molar-refractivity contribution in [3.05, 3.63) is 48.2 Å². The van der Waals surface area contributed by atoms with Crippen molar-refractivity contribution < 1.29 is 35.5 Å². The zero-order valence-corrected chi connectivity index (χ0v) is 24.8. The molecule has 0 bridgehead atoms. The fourth-order valence-electron chi connectivity index (χ4n) is 5.89. The quantitative estimate of drug-likeness (QED) is 0.231. The summed E-state index contributed by atoms with van der Waals surface area (Å²) in [6.07, 6.45) is -0.436. The lowest BCUT2D eigenvalue weighted by Crippen LogP contribution is -2.46. The van der Waals surface area contributed by atoms with Crippen molar-refractivity contribution in [2.45, 2.75) is 55.4 Å². The molecule has 3 aromatic rings. The molecule has 1 aliphatic heterocycles. The molecule has 2 aromatic carbocycles. The van der Waals surface area contributed by atoms with Crippen LogP contribution in [-0.2, 0) is 21.3 Å². The second kappa shape index (κ2) is 13.6. The number of morpholine rings is 1. The number of nitrogens with one attached hydrogen (secondary N) is 2. The molecular formula is C30H35F4N5O4S. The average molecular weight is 638 g/mol. The normalized spacial score (nSPS) is 19.8. The first kappa shape index (κ1) is 31.9. The highest BCUT2D eigenvalue weighted by Crippen LogP contribution is 2.33. The summed E-state index contributed by atoms with van der Waals surface area (Å²) in [6, 6.07) is 11.3. The molecule has 1 saturated heterocycles. The van der Waals surface area contributed by atoms with E-state index in [-0.39, 0.29) is 34.6 Å². The van der Waals surface area contributed by atoms with Crippen LogP contribution in [0.5, 0.6) is 5.75 Å². The van der Waals surface area contributed by atoms with Crippen molar-refractivity contribution in [3.63, 3.8) is 0 Å². The van der Waals surface area contributed by atoms with Crippen molar-refractivity contribution in [2.24, 2.45) is 5.14 Å². The lowest BCUT2D eigenvalue weighted by Gasteiger charge is -2.39. The molecule has 2 aliphatic rings. The van der Waals surface area contributed by atoms with Gasteiger partial charge >= 0.3 is 6.18 Å². The summed E-state index contributed by atoms with van der Waals surface area (Å²) in [5.74, 6) is 5.55. The van der Waals surface area contributed by atoms with E-state index >= 15 is 0 Å². The Kier molecular flexibility index (Phi) is 9.89. The fraction of sp³-hybridized carbons (Fsp3) is 0.467. The number of hydrogen-bond acceptors (Lipinski definition) is 7. The van der Waals surface area contributed by atoms with Gasteiger partial charge in [0.1, 0.15) is 12.3 Å². The van der Waals surface area contributed by atoms with Gasteiger partial charge in [0.05, 0.1) is 41.6 Å². The zero-order valence-electron chi connectivity index (χ0n) is 24.0. The Balaban J connectivity index is 1.33. The first-order valence-electron chi connectivity index (χ1n) is 14.4. The molecule has 14 heteroatoms. The standard InChI is InChI=1S/C30H35F4N5O4S/c31-20-43-29-18-24(44(35,40)41)10-11-27(29)36-12-2-3-23-17-25-26(4-1-5-28(25)39(23)19-30(32,33)34)37-21-6-8-22(9-7-21)38-13-15-42-16-14-38/h1,4-5,10-11,17-18,21-22,36-37H,6-9,12-16,19-20H2,(H2,35,40,41)/t21-,22+. The molecule has 1 saturated carbocycles. The fourth-order valence-corrected chi connectivity index (χ4v) is 6.42. The average Bonchev–Trinajstić information content (AvgIpc) is 3.33. The molecule has 1 aliphatic carbocycles. The first-order valence-corrected chi connectivity index (χ1v) is 15.9. The number of nitrogens with two attached hydrogens (primary N) is 1. The van der Waals surface area contributed by atoms with E-state index in [1.807, 2.05) is 6.07 Å². The molecule has 0 radical (unpaired) electrons. The van der Waals surface area contributed by atoms with Crippen molar-refractivity contribution in [2.75, 3.05) is 50.3 Å². The van der Waals surface area contributed by atoms with E-state index < -0.39 is 29.6 Å². The van der Waals surface area contributed by atoms with Gasteiger partial charge in [-0.3, -0.25) is 4.90 Å². The third kappa shape index (κ3) is 7.95. The Morgan fingerprint density at radius 2 is 1.80 bits per heavy atom. The minimum absolute atomic E-state index is 0.0393. The highest BCUT2D eigenvalue weighted by molar-refractivity contribution is 7.89. The summed E-state index contributed by atoms with van der Waals surface area (Å²) in [7, 11) is -4.04. The molecule has 0 atom stereocenters. The molecule has 4 N–H and O–H groups in total. The topological polar surface area (TPSA) is 111 Å². The summed E-state index contributed by atoms with van der Waals surface area (Å²) in [5.41, 5.74) is 1.62. The number of anilines is 2. The van der Waals surface area contributed by atoms with Gasteiger partial charge in [0.15, 0.2) is 0 Å². The second-order valence-corrected chi connectivity index (χ2v) is 12.4. The summed E-state index contributed by atoms with van der Waals surface area (Å²) in [4.78, 5) is 2.23. The Morgan fingerprint density at radius 3 is 2.48 bits per heavy atom. The molecule has 0 spiro atoms. The summed E-state index contributed by atoms with van der Waals surface area (Å²) >= 11 is 0. The molecule has 1 aromatic heterocycles. The lowest BCUT2D eigenvalue weighted by atomic mass is 9.89. The van der Waals surface area contributed by atoms with Gasteiger partial charge in [-0.15, -0.1) is 0 Å². The SMILES string of the molecule is NS(=O)(=O)c1ccc(NCC#Cc2cc3c(N[C@H]4CC[C@@H](N5CCOCC5)CC4)cccc3n2CC(F)(F)F)c(OCF)c1. The van der Waals surface area contributed by atoms with E-state index in [4.69, 9.17) is 14.6 Å². The first-order chi connectivity index (χ1) is 21.0. The van der Waals surface area contributed by atoms with Gasteiger partial charge in [0.2, 0.25) is 16.9 Å². The molecule has 9 nitrogen and oxygen atoms in total. The minimum atomic E-state index is -4.47. The van der Waals surface area contributed by atoms with Crippen molar-refractivity contribution >= 4 is 32.3 Å². The van der Waals surface area contributed by atoms with Gasteiger partial charge in [0, 0.05) is 42.3 Å². The lowest BCUT2D eigenvalue weighted by molar-refractivity contribution is -0.140. The predicted octanol–water partition coefficient (Wildman–Crippen LogP) is 4.68. The van der Waals surface area contributed by atoms with Crippen molar-refractivity contribution in [1.29, 1.82) is 0 Å². The highest BCUT2D eigenvalue weighted by atomic mass is 32.2. The summed E-state index contributed by atoms with van der Waals surface area (Å²) in [6.45, 7) is 0.974. The molecule has 0 amide bonds. The summed E-state index contributed by atoms with van der Waals surface area (Å²) in [5, 5.41) is 12.3. The molecule has 0 unspecified atom stereocenters. The van der Waals surface area contributed by atoms with Crippen LogP contribution < -0.4 is 20.5 Å². The number of hydrogen-bond donors (Lipinski definition) is 3. The maximum absolute atomic E-state index is 13.6. The van der Waals surface area contributed by atoms with E-state index in [9.17, 15) is 26.0 Å². The molecule has 2 fully saturated rings. The summed E-state index contributed by atoms with van der Waals surface area (Å²) < 4.78 is 88.5. The van der Waals surface area contributed by atoms with Crippen molar-refractivity contribution in [1.82, 2.24) is 9.47 Å². The molecule has 238 valence electrons. The van der Waals surface area contributed by atoms with Crippen molar-refractivity contribution in [3.8, 4) is 17.6 Å². The third-order valence-corrected chi connectivity index (χ3v) is 8.89. The van der Waals surface area contributed by atoms with Crippen LogP contribution in [0.2, 0.25) is 0 Å². The van der Waals surface area contributed by atoms with Crippen LogP contribution >= 0.6 is 0 Å². The van der Waals surface area contributed by atoms with Crippen LogP contribution in [0.4, 0.5) is 28.9 Å². The number of nitrogens with zero attached hydrogens (tertiary/aromatic N) is 2. The highest BCUT2D eigenvalue weighted by Gasteiger charge is 2.31. The number of benzene rings is 2. The number of primary sulfonamides is 1. The molecule has 5 rings (SSSR count). The number of rotatable bonds is 9. The number of sulfonamides is 1. The van der Waals surface area contributed by atoms with Crippen LogP contribution in [0.3, 0.4) is 0 Å². The maximum atomic E-state index is 13.6. The van der Waals surface area contributed by atoms with E-state index in [2.05, 4.69) is 27.4 Å². The van der Waals surface area contributed by atoms with Gasteiger partial charge in [-0.1, -0.05) is 12.0 Å². The van der Waals surface area contributed by atoms with Crippen LogP contribution in [0.1, 0.15) is 31.4 Å². The van der Waals surface area contributed by atoms with E-state index in [0.717, 1.165) is 68.3 Å². The van der Waals surface area contributed by atoms with Crippen LogP contribution in [0.25, 0.3) is 10.9 Å². The van der Waals surface area contributed by atoms with E-state index in [1.54, 1.807) is 18.2 Å². The number of ether oxygens (including phenoxy) is 2. The van der Waals surface area contributed by atoms with Crippen LogP contribution in [0.15, 0.2) is 47.4 Å². The van der Waals surface area contributed by atoms with Gasteiger partial charge < -0.3 is 24.7 Å². The van der Waals surface area contributed by atoms with E-state index in [1.165, 1.54) is 12.1 Å². The van der Waals surface area contributed by atoms with Gasteiger partial charge in [-0.2, -0.15) is 13.2 Å². The zero-order chi connectivity index (χ0) is 31.3. The Morgan fingerprint density at radius 1 is 1.05 bits per heavy atom. The Labute approximate surface area is 253 Å². The Hall–Kier alpha value is -3.51. The molecule has 44 heavy (non-hydrogen) atoms. The minimum Gasteiger partial charge on any atom is -0.461 e. The van der Waals surface area contributed by atoms with Crippen LogP contribution in [0, 0.1) is 11.8 Å². The number of fused-ring (bicyclic) bond motifs is 1.